The second kappa shape index (κ2) is 7.21. The molecule has 122 valence electrons. The van der Waals surface area contributed by atoms with Gasteiger partial charge in [-0.15, -0.1) is 0 Å². The normalized spacial score (nSPS) is 10.6. The van der Waals surface area contributed by atoms with Crippen molar-refractivity contribution in [1.29, 1.82) is 0 Å². The van der Waals surface area contributed by atoms with Gasteiger partial charge < -0.3 is 9.84 Å². The van der Waals surface area contributed by atoms with Crippen LogP contribution >= 0.6 is 34.8 Å². The number of halogens is 3. The van der Waals surface area contributed by atoms with Crippen LogP contribution in [0.2, 0.25) is 15.1 Å². The molecule has 0 radical (unpaired) electrons. The molecule has 24 heavy (non-hydrogen) atoms. The van der Waals surface area contributed by atoms with Crippen LogP contribution in [0.15, 0.2) is 47.0 Å². The fourth-order valence-corrected chi connectivity index (χ4v) is 2.57. The van der Waals surface area contributed by atoms with Crippen LogP contribution in [0.4, 0.5) is 5.69 Å². The molecule has 0 spiro atoms. The molecule has 0 aliphatic heterocycles. The molecule has 0 saturated carbocycles. The zero-order valence-corrected chi connectivity index (χ0v) is 14.4. The second-order valence-corrected chi connectivity index (χ2v) is 6.01. The highest BCUT2D eigenvalue weighted by Crippen LogP contribution is 2.29. The number of carbonyl (C=O) groups excluding carboxylic acids is 1. The largest absolute Gasteiger partial charge is 0.334 e. The van der Waals surface area contributed by atoms with E-state index in [1.807, 2.05) is 0 Å². The third-order valence-electron chi connectivity index (χ3n) is 3.12. The first kappa shape index (κ1) is 16.8. The summed E-state index contributed by atoms with van der Waals surface area (Å²) in [5, 5.41) is 7.57. The first-order chi connectivity index (χ1) is 11.5. The minimum Gasteiger partial charge on any atom is -0.334 e. The van der Waals surface area contributed by atoms with Gasteiger partial charge in [-0.2, -0.15) is 4.98 Å². The molecule has 3 aromatic rings. The van der Waals surface area contributed by atoms with E-state index in [-0.39, 0.29) is 29.1 Å². The lowest BCUT2D eigenvalue weighted by atomic mass is 10.2. The van der Waals surface area contributed by atoms with Crippen molar-refractivity contribution < 1.29 is 9.32 Å². The number of hydrogen-bond acceptors (Lipinski definition) is 4. The molecule has 5 nitrogen and oxygen atoms in total. The van der Waals surface area contributed by atoms with Gasteiger partial charge >= 0.3 is 0 Å². The predicted octanol–water partition coefficient (Wildman–Crippen LogP) is 4.88. The Morgan fingerprint density at radius 1 is 1.04 bits per heavy atom. The number of nitrogens with zero attached hydrogens (tertiary/aromatic N) is 2. The smallest absolute Gasteiger partial charge is 0.259 e. The van der Waals surface area contributed by atoms with E-state index in [9.17, 15) is 4.79 Å². The Bertz CT molecular complexity index is 896. The molecule has 0 aliphatic rings. The quantitative estimate of drug-likeness (QED) is 0.698. The second-order valence-electron chi connectivity index (χ2n) is 4.82. The molecule has 3 rings (SSSR count). The summed E-state index contributed by atoms with van der Waals surface area (Å²) < 4.78 is 5.15. The maximum atomic E-state index is 12.1. The predicted molar refractivity (Wildman–Crippen MR) is 93.5 cm³/mol. The maximum absolute atomic E-state index is 12.1. The summed E-state index contributed by atoms with van der Waals surface area (Å²) in [6, 6.07) is 12.0. The molecular formula is C16H10Cl3N3O2. The maximum Gasteiger partial charge on any atom is 0.259 e. The van der Waals surface area contributed by atoms with Gasteiger partial charge in [0, 0.05) is 0 Å². The van der Waals surface area contributed by atoms with Crippen LogP contribution in [0, 0.1) is 0 Å². The van der Waals surface area contributed by atoms with E-state index in [1.54, 1.807) is 42.5 Å². The van der Waals surface area contributed by atoms with Gasteiger partial charge in [-0.05, 0) is 24.3 Å². The first-order valence-electron chi connectivity index (χ1n) is 6.86. The van der Waals surface area contributed by atoms with Gasteiger partial charge in [0.15, 0.2) is 5.82 Å². The van der Waals surface area contributed by atoms with Gasteiger partial charge in [0.1, 0.15) is 0 Å². The lowest BCUT2D eigenvalue weighted by molar-refractivity contribution is -0.115. The van der Waals surface area contributed by atoms with Crippen molar-refractivity contribution in [2.45, 2.75) is 6.42 Å². The molecule has 1 aromatic heterocycles. The molecule has 0 atom stereocenters. The van der Waals surface area contributed by atoms with Crippen LogP contribution < -0.4 is 5.32 Å². The van der Waals surface area contributed by atoms with Gasteiger partial charge in [-0.1, -0.05) is 58.2 Å². The van der Waals surface area contributed by atoms with Crippen molar-refractivity contribution in [2.75, 3.05) is 5.32 Å². The molecule has 0 aliphatic carbocycles. The highest BCUT2D eigenvalue weighted by atomic mass is 35.5. The lowest BCUT2D eigenvalue weighted by Crippen LogP contribution is -2.15. The Morgan fingerprint density at radius 3 is 2.58 bits per heavy atom. The standard InChI is InChI=1S/C16H10Cl3N3O2/c17-10-5-2-1-4-9(10)16-21-13(22-24-16)8-14(23)20-12-7-3-6-11(18)15(12)19/h1-7H,8H2,(H,20,23). The van der Waals surface area contributed by atoms with Gasteiger partial charge in [-0.3, -0.25) is 4.79 Å². The number of benzene rings is 2. The number of nitrogens with one attached hydrogen (secondary N) is 1. The highest BCUT2D eigenvalue weighted by Gasteiger charge is 2.15. The summed E-state index contributed by atoms with van der Waals surface area (Å²) in [6.45, 7) is 0. The average Bonchev–Trinajstić information content (AvgIpc) is 3.00. The van der Waals surface area contributed by atoms with E-state index in [4.69, 9.17) is 39.3 Å². The van der Waals surface area contributed by atoms with Gasteiger partial charge in [0.25, 0.3) is 5.89 Å². The van der Waals surface area contributed by atoms with Crippen molar-refractivity contribution in [3.05, 3.63) is 63.4 Å². The summed E-state index contributed by atoms with van der Waals surface area (Å²) in [5.74, 6) is 0.149. The van der Waals surface area contributed by atoms with E-state index < -0.39 is 0 Å². The van der Waals surface area contributed by atoms with E-state index in [1.165, 1.54) is 0 Å². The average molecular weight is 383 g/mol. The molecule has 0 bridgehead atoms. The Balaban J connectivity index is 1.72. The molecule has 2 aromatic carbocycles. The molecule has 0 saturated heterocycles. The number of amides is 1. The molecule has 1 N–H and O–H groups in total. The fraction of sp³-hybridized carbons (Fsp3) is 0.0625. The lowest BCUT2D eigenvalue weighted by Gasteiger charge is -2.06. The third kappa shape index (κ3) is 3.70. The van der Waals surface area contributed by atoms with E-state index >= 15 is 0 Å². The third-order valence-corrected chi connectivity index (χ3v) is 4.27. The monoisotopic (exact) mass is 381 g/mol. The van der Waals surface area contributed by atoms with E-state index in [2.05, 4.69) is 15.5 Å². The van der Waals surface area contributed by atoms with Crippen LogP contribution in [0.1, 0.15) is 5.82 Å². The Labute approximate surface area is 152 Å². The molecule has 8 heteroatoms. The number of aromatic nitrogens is 2. The Hall–Kier alpha value is -2.08. The summed E-state index contributed by atoms with van der Waals surface area (Å²) >= 11 is 18.0. The van der Waals surface area contributed by atoms with Crippen LogP contribution in [0.3, 0.4) is 0 Å². The van der Waals surface area contributed by atoms with Gasteiger partial charge in [0.2, 0.25) is 5.91 Å². The zero-order valence-electron chi connectivity index (χ0n) is 12.1. The van der Waals surface area contributed by atoms with Crippen LogP contribution in [-0.4, -0.2) is 16.0 Å². The first-order valence-corrected chi connectivity index (χ1v) is 7.99. The van der Waals surface area contributed by atoms with Crippen molar-refractivity contribution in [3.63, 3.8) is 0 Å². The van der Waals surface area contributed by atoms with Crippen LogP contribution in [0.5, 0.6) is 0 Å². The van der Waals surface area contributed by atoms with Crippen molar-refractivity contribution in [2.24, 2.45) is 0 Å². The van der Waals surface area contributed by atoms with E-state index in [0.29, 0.717) is 21.3 Å². The zero-order chi connectivity index (χ0) is 17.1. The van der Waals surface area contributed by atoms with E-state index in [0.717, 1.165) is 0 Å². The Morgan fingerprint density at radius 2 is 1.79 bits per heavy atom. The SMILES string of the molecule is O=C(Cc1noc(-c2ccccc2Cl)n1)Nc1cccc(Cl)c1Cl. The summed E-state index contributed by atoms with van der Waals surface area (Å²) in [5.41, 5.74) is 1.03. The summed E-state index contributed by atoms with van der Waals surface area (Å²) in [7, 11) is 0. The summed E-state index contributed by atoms with van der Waals surface area (Å²) in [4.78, 5) is 16.3. The molecule has 1 amide bonds. The molecule has 0 fully saturated rings. The van der Waals surface area contributed by atoms with Crippen LogP contribution in [-0.2, 0) is 11.2 Å². The molecule has 1 heterocycles. The Kier molecular flexibility index (Phi) is 5.04. The van der Waals surface area contributed by atoms with Crippen molar-refractivity contribution >= 4 is 46.4 Å². The van der Waals surface area contributed by atoms with Crippen molar-refractivity contribution in [3.8, 4) is 11.5 Å². The minimum atomic E-state index is -0.342. The number of anilines is 1. The van der Waals surface area contributed by atoms with Gasteiger partial charge in [-0.25, -0.2) is 0 Å². The number of hydrogen-bond donors (Lipinski definition) is 1. The number of rotatable bonds is 4. The summed E-state index contributed by atoms with van der Waals surface area (Å²) in [6.07, 6.45) is -0.0726. The number of carbonyl (C=O) groups is 1. The van der Waals surface area contributed by atoms with Crippen LogP contribution in [0.25, 0.3) is 11.5 Å². The topological polar surface area (TPSA) is 68.0 Å². The van der Waals surface area contributed by atoms with Gasteiger partial charge in [0.05, 0.1) is 32.7 Å². The molecular weight excluding hydrogens is 373 g/mol. The highest BCUT2D eigenvalue weighted by molar-refractivity contribution is 6.44. The molecule has 0 unspecified atom stereocenters. The fourth-order valence-electron chi connectivity index (χ4n) is 2.01. The minimum absolute atomic E-state index is 0.0726. The van der Waals surface area contributed by atoms with Crippen molar-refractivity contribution in [1.82, 2.24) is 10.1 Å².